The van der Waals surface area contributed by atoms with Crippen molar-refractivity contribution < 1.29 is 14.7 Å². The molecular weight excluding hydrogens is 256 g/mol. The topological polar surface area (TPSA) is 60.9 Å². The van der Waals surface area contributed by atoms with Crippen LogP contribution in [0.15, 0.2) is 0 Å². The average molecular weight is 282 g/mol. The summed E-state index contributed by atoms with van der Waals surface area (Å²) in [7, 11) is 0. The molecule has 2 aliphatic heterocycles. The molecule has 5 nitrogen and oxygen atoms in total. The van der Waals surface area contributed by atoms with Crippen LogP contribution in [-0.4, -0.2) is 52.6 Å². The van der Waals surface area contributed by atoms with Crippen molar-refractivity contribution >= 4 is 12.0 Å². The van der Waals surface area contributed by atoms with Crippen molar-refractivity contribution in [1.82, 2.24) is 9.80 Å². The Morgan fingerprint density at radius 3 is 2.60 bits per heavy atom. The number of nitrogens with zero attached hydrogens (tertiary/aromatic N) is 2. The first-order valence-electron chi connectivity index (χ1n) is 7.83. The molecule has 0 aromatic rings. The molecule has 0 radical (unpaired) electrons. The van der Waals surface area contributed by atoms with Crippen LogP contribution in [0.4, 0.5) is 4.79 Å². The lowest BCUT2D eigenvalue weighted by Gasteiger charge is -2.38. The molecule has 0 aromatic carbocycles. The largest absolute Gasteiger partial charge is 0.481 e. The molecule has 2 rings (SSSR count). The van der Waals surface area contributed by atoms with Crippen molar-refractivity contribution in [3.63, 3.8) is 0 Å². The number of carboxylic acid groups (broad SMARTS) is 1. The summed E-state index contributed by atoms with van der Waals surface area (Å²) in [5, 5.41) is 9.18. The molecule has 2 heterocycles. The molecular formula is C15H26N2O3. The van der Waals surface area contributed by atoms with Gasteiger partial charge in [-0.1, -0.05) is 20.3 Å². The van der Waals surface area contributed by atoms with Crippen LogP contribution < -0.4 is 0 Å². The Bertz CT molecular complexity index is 370. The highest BCUT2D eigenvalue weighted by molar-refractivity contribution is 5.78. The number of carboxylic acids is 1. The minimum absolute atomic E-state index is 0.0471. The fourth-order valence-corrected chi connectivity index (χ4v) is 3.51. The molecule has 0 saturated carbocycles. The first-order valence-corrected chi connectivity index (χ1v) is 7.83. The van der Waals surface area contributed by atoms with Gasteiger partial charge in [0.25, 0.3) is 0 Å². The van der Waals surface area contributed by atoms with Crippen LogP contribution in [0.25, 0.3) is 0 Å². The highest BCUT2D eigenvalue weighted by Crippen LogP contribution is 2.27. The van der Waals surface area contributed by atoms with E-state index in [-0.39, 0.29) is 11.9 Å². The molecule has 2 amide bonds. The van der Waals surface area contributed by atoms with E-state index in [0.29, 0.717) is 19.1 Å². The monoisotopic (exact) mass is 282 g/mol. The van der Waals surface area contributed by atoms with Crippen LogP contribution in [0.2, 0.25) is 0 Å². The molecule has 114 valence electrons. The van der Waals surface area contributed by atoms with Crippen LogP contribution >= 0.6 is 0 Å². The fraction of sp³-hybridized carbons (Fsp3) is 0.867. The van der Waals surface area contributed by atoms with Crippen LogP contribution in [0.1, 0.15) is 46.0 Å². The predicted octanol–water partition coefficient (Wildman–Crippen LogP) is 2.41. The van der Waals surface area contributed by atoms with Crippen molar-refractivity contribution in [3.05, 3.63) is 0 Å². The first-order chi connectivity index (χ1) is 9.54. The fourth-order valence-electron chi connectivity index (χ4n) is 3.51. The number of amides is 2. The first kappa shape index (κ1) is 15.1. The maximum atomic E-state index is 12.7. The molecule has 0 aliphatic carbocycles. The maximum Gasteiger partial charge on any atom is 0.320 e. The van der Waals surface area contributed by atoms with Gasteiger partial charge in [0, 0.05) is 25.7 Å². The van der Waals surface area contributed by atoms with Crippen LogP contribution in [-0.2, 0) is 4.79 Å². The summed E-state index contributed by atoms with van der Waals surface area (Å²) in [5.74, 6) is -1.14. The van der Waals surface area contributed by atoms with Gasteiger partial charge >= 0.3 is 12.0 Å². The van der Waals surface area contributed by atoms with E-state index in [1.54, 1.807) is 4.90 Å². The van der Waals surface area contributed by atoms with E-state index < -0.39 is 11.9 Å². The molecule has 1 unspecified atom stereocenters. The summed E-state index contributed by atoms with van der Waals surface area (Å²) in [6, 6.07) is 0.402. The smallest absolute Gasteiger partial charge is 0.320 e. The van der Waals surface area contributed by atoms with Crippen LogP contribution in [0, 0.1) is 11.8 Å². The van der Waals surface area contributed by atoms with Gasteiger partial charge in [0.05, 0.1) is 5.92 Å². The summed E-state index contributed by atoms with van der Waals surface area (Å²) in [6.45, 7) is 5.84. The number of piperidine rings is 1. The third-order valence-electron chi connectivity index (χ3n) is 4.69. The number of rotatable bonds is 3. The van der Waals surface area contributed by atoms with Crippen molar-refractivity contribution in [1.29, 1.82) is 0 Å². The summed E-state index contributed by atoms with van der Waals surface area (Å²) < 4.78 is 0. The average Bonchev–Trinajstić information content (AvgIpc) is 2.81. The number of hydrogen-bond donors (Lipinski definition) is 1. The highest BCUT2D eigenvalue weighted by atomic mass is 16.4. The van der Waals surface area contributed by atoms with Crippen LogP contribution in [0.5, 0.6) is 0 Å². The molecule has 20 heavy (non-hydrogen) atoms. The number of carbonyl (C=O) groups excluding carboxylic acids is 1. The zero-order valence-electron chi connectivity index (χ0n) is 12.5. The zero-order chi connectivity index (χ0) is 14.7. The van der Waals surface area contributed by atoms with Gasteiger partial charge in [-0.05, 0) is 31.6 Å². The molecule has 2 aliphatic rings. The van der Waals surface area contributed by atoms with E-state index in [1.165, 1.54) is 6.42 Å². The van der Waals surface area contributed by atoms with E-state index in [4.69, 9.17) is 0 Å². The molecule has 0 spiro atoms. The molecule has 2 saturated heterocycles. The Morgan fingerprint density at radius 2 is 2.00 bits per heavy atom. The summed E-state index contributed by atoms with van der Waals surface area (Å²) in [4.78, 5) is 27.6. The van der Waals surface area contributed by atoms with Gasteiger partial charge in [0.2, 0.25) is 0 Å². The minimum atomic E-state index is -0.781. The molecule has 0 aromatic heterocycles. The maximum absolute atomic E-state index is 12.7. The lowest BCUT2D eigenvalue weighted by molar-refractivity contribution is -0.142. The summed E-state index contributed by atoms with van der Waals surface area (Å²) in [5.41, 5.74) is 0. The zero-order valence-corrected chi connectivity index (χ0v) is 12.5. The van der Waals surface area contributed by atoms with E-state index in [2.05, 4.69) is 6.92 Å². The van der Waals surface area contributed by atoms with Gasteiger partial charge in [0.15, 0.2) is 0 Å². The van der Waals surface area contributed by atoms with Gasteiger partial charge in [-0.15, -0.1) is 0 Å². The highest BCUT2D eigenvalue weighted by Gasteiger charge is 2.39. The second-order valence-electron chi connectivity index (χ2n) is 6.24. The Morgan fingerprint density at radius 1 is 1.25 bits per heavy atom. The van der Waals surface area contributed by atoms with Crippen molar-refractivity contribution in [2.75, 3.05) is 19.6 Å². The lowest BCUT2D eigenvalue weighted by Crippen LogP contribution is -2.49. The Labute approximate surface area is 120 Å². The number of urea groups is 1. The Balaban J connectivity index is 2.01. The van der Waals surface area contributed by atoms with Gasteiger partial charge < -0.3 is 14.9 Å². The molecule has 3 atom stereocenters. The summed E-state index contributed by atoms with van der Waals surface area (Å²) >= 11 is 0. The standard InChI is InChI=1S/C15H26N2O3/c1-3-6-12-7-4-5-8-17(12)15(20)16-9-11(2)13(10-16)14(18)19/h11-13H,3-10H2,1-2H3,(H,18,19)/t11-,12?,13-/m1/s1. The van der Waals surface area contributed by atoms with Crippen molar-refractivity contribution in [2.24, 2.45) is 11.8 Å². The Kier molecular flexibility index (Phi) is 4.89. The SMILES string of the molecule is CCCC1CCCCN1C(=O)N1C[C@@H](C)[C@H](C(=O)O)C1. The normalized spacial score (nSPS) is 30.6. The number of likely N-dealkylation sites (tertiary alicyclic amines) is 2. The second-order valence-corrected chi connectivity index (χ2v) is 6.24. The van der Waals surface area contributed by atoms with E-state index in [0.717, 1.165) is 32.2 Å². The second kappa shape index (κ2) is 6.46. The van der Waals surface area contributed by atoms with Gasteiger partial charge in [0.1, 0.15) is 0 Å². The molecule has 2 fully saturated rings. The number of carbonyl (C=O) groups is 2. The third-order valence-corrected chi connectivity index (χ3v) is 4.69. The van der Waals surface area contributed by atoms with Crippen molar-refractivity contribution in [3.8, 4) is 0 Å². The molecule has 5 heteroatoms. The molecule has 1 N–H and O–H groups in total. The number of hydrogen-bond acceptors (Lipinski definition) is 2. The Hall–Kier alpha value is -1.26. The lowest BCUT2D eigenvalue weighted by atomic mass is 9.98. The molecule has 0 bridgehead atoms. The number of aliphatic carboxylic acids is 1. The van der Waals surface area contributed by atoms with E-state index in [9.17, 15) is 14.7 Å². The minimum Gasteiger partial charge on any atom is -0.481 e. The quantitative estimate of drug-likeness (QED) is 0.864. The predicted molar refractivity (Wildman–Crippen MR) is 76.5 cm³/mol. The summed E-state index contributed by atoms with van der Waals surface area (Å²) in [6.07, 6.45) is 5.49. The van der Waals surface area contributed by atoms with Gasteiger partial charge in [-0.25, -0.2) is 4.79 Å². The van der Waals surface area contributed by atoms with Gasteiger partial charge in [-0.2, -0.15) is 0 Å². The van der Waals surface area contributed by atoms with Gasteiger partial charge in [-0.3, -0.25) is 4.79 Å². The van der Waals surface area contributed by atoms with Crippen molar-refractivity contribution in [2.45, 2.75) is 52.0 Å². The third kappa shape index (κ3) is 3.07. The van der Waals surface area contributed by atoms with E-state index in [1.807, 2.05) is 11.8 Å². The van der Waals surface area contributed by atoms with E-state index >= 15 is 0 Å². The van der Waals surface area contributed by atoms with Crippen LogP contribution in [0.3, 0.4) is 0 Å².